The predicted molar refractivity (Wildman–Crippen MR) is 146 cm³/mol. The van der Waals surface area contributed by atoms with E-state index in [4.69, 9.17) is 39.4 Å². The zero-order valence-electron chi connectivity index (χ0n) is 23.6. The Bertz CT molecular complexity index is 622. The number of carboxylic acids is 2. The van der Waals surface area contributed by atoms with Crippen LogP contribution in [0.3, 0.4) is 0 Å². The topological polar surface area (TPSA) is 152 Å². The van der Waals surface area contributed by atoms with Gasteiger partial charge >= 0.3 is 11.9 Å². The summed E-state index contributed by atoms with van der Waals surface area (Å²) in [7, 11) is 0. The molecule has 0 amide bonds. The van der Waals surface area contributed by atoms with Crippen molar-refractivity contribution < 1.29 is 49.0 Å². The molecule has 10 nitrogen and oxygen atoms in total. The fourth-order valence-electron chi connectivity index (χ4n) is 2.88. The van der Waals surface area contributed by atoms with E-state index in [0.29, 0.717) is 26.4 Å². The third kappa shape index (κ3) is 27.0. The highest BCUT2D eigenvalue weighted by Gasteiger charge is 2.13. The summed E-state index contributed by atoms with van der Waals surface area (Å²) in [5.41, 5.74) is -0.380. The average molecular weight is 547 g/mol. The van der Waals surface area contributed by atoms with Gasteiger partial charge in [-0.25, -0.2) is 9.59 Å². The quantitative estimate of drug-likeness (QED) is 0.130. The first-order chi connectivity index (χ1) is 18.2. The van der Waals surface area contributed by atoms with Crippen LogP contribution in [0.2, 0.25) is 0 Å². The number of aliphatic hydroxyl groups is 2. The Morgan fingerprint density at radius 3 is 1.29 bits per heavy atom. The van der Waals surface area contributed by atoms with Gasteiger partial charge in [-0.15, -0.1) is 0 Å². The van der Waals surface area contributed by atoms with Crippen molar-refractivity contribution in [3.8, 4) is 0 Å². The zero-order valence-corrected chi connectivity index (χ0v) is 23.6. The standard InChI is InChI=1S/2C10H22O3.C8H6O4/c2*1-3-4-5-6-7-12-8-9-13-10(2)11;9-7(10)5-3-1-2-4-6(5)8(11)12/h2*10-11H,3-9H2,1-2H3;1-4H,(H,9,10)(H,11,12). The van der Waals surface area contributed by atoms with E-state index in [2.05, 4.69) is 13.8 Å². The number of aromatic carboxylic acids is 2. The van der Waals surface area contributed by atoms with E-state index in [1.807, 2.05) is 0 Å². The van der Waals surface area contributed by atoms with E-state index in [0.717, 1.165) is 26.1 Å². The molecule has 0 saturated heterocycles. The second-order valence-corrected chi connectivity index (χ2v) is 8.44. The summed E-state index contributed by atoms with van der Waals surface area (Å²) < 4.78 is 20.4. The maximum absolute atomic E-state index is 10.5. The van der Waals surface area contributed by atoms with Gasteiger partial charge in [0.1, 0.15) is 0 Å². The summed E-state index contributed by atoms with van der Waals surface area (Å²) in [6.07, 6.45) is 8.47. The van der Waals surface area contributed by atoms with Gasteiger partial charge in [-0.3, -0.25) is 0 Å². The molecule has 38 heavy (non-hydrogen) atoms. The maximum atomic E-state index is 10.5. The zero-order chi connectivity index (χ0) is 29.0. The monoisotopic (exact) mass is 546 g/mol. The summed E-state index contributed by atoms with van der Waals surface area (Å²) in [6, 6.07) is 5.48. The molecule has 0 aromatic heterocycles. The van der Waals surface area contributed by atoms with Crippen LogP contribution in [0.15, 0.2) is 24.3 Å². The highest BCUT2D eigenvalue weighted by Crippen LogP contribution is 2.08. The second-order valence-electron chi connectivity index (χ2n) is 8.44. The molecule has 0 heterocycles. The number of benzene rings is 1. The number of carbonyl (C=O) groups is 2. The molecule has 1 rings (SSSR count). The molecule has 0 aliphatic rings. The van der Waals surface area contributed by atoms with Gasteiger partial charge in [0.15, 0.2) is 12.6 Å². The number of unbranched alkanes of at least 4 members (excludes halogenated alkanes) is 6. The van der Waals surface area contributed by atoms with Crippen LogP contribution in [0.4, 0.5) is 0 Å². The van der Waals surface area contributed by atoms with E-state index < -0.39 is 24.5 Å². The smallest absolute Gasteiger partial charge is 0.336 e. The van der Waals surface area contributed by atoms with Gasteiger partial charge in [-0.1, -0.05) is 64.5 Å². The lowest BCUT2D eigenvalue weighted by Crippen LogP contribution is -2.12. The van der Waals surface area contributed by atoms with Crippen LogP contribution >= 0.6 is 0 Å². The van der Waals surface area contributed by atoms with Crippen LogP contribution in [0.25, 0.3) is 0 Å². The number of aliphatic hydroxyl groups excluding tert-OH is 2. The first-order valence-electron chi connectivity index (χ1n) is 13.5. The fraction of sp³-hybridized carbons (Fsp3) is 0.714. The van der Waals surface area contributed by atoms with Crippen molar-refractivity contribution >= 4 is 11.9 Å². The second kappa shape index (κ2) is 27.9. The first-order valence-corrected chi connectivity index (χ1v) is 13.5. The van der Waals surface area contributed by atoms with Crippen molar-refractivity contribution in [1.82, 2.24) is 0 Å². The lowest BCUT2D eigenvalue weighted by Gasteiger charge is -2.07. The average Bonchev–Trinajstić information content (AvgIpc) is 2.87. The Labute approximate surface area is 227 Å². The van der Waals surface area contributed by atoms with Crippen LogP contribution < -0.4 is 0 Å². The van der Waals surface area contributed by atoms with Crippen molar-refractivity contribution in [3.63, 3.8) is 0 Å². The van der Waals surface area contributed by atoms with Crippen molar-refractivity contribution in [3.05, 3.63) is 35.4 Å². The van der Waals surface area contributed by atoms with E-state index in [9.17, 15) is 9.59 Å². The van der Waals surface area contributed by atoms with Crippen LogP contribution in [0.5, 0.6) is 0 Å². The van der Waals surface area contributed by atoms with Gasteiger partial charge < -0.3 is 39.4 Å². The summed E-state index contributed by atoms with van der Waals surface area (Å²) in [6.45, 7) is 11.3. The lowest BCUT2D eigenvalue weighted by molar-refractivity contribution is -0.0997. The largest absolute Gasteiger partial charge is 0.478 e. The minimum absolute atomic E-state index is 0.190. The molecular weight excluding hydrogens is 496 g/mol. The molecule has 1 aromatic carbocycles. The molecule has 0 saturated carbocycles. The molecule has 0 radical (unpaired) electrons. The maximum Gasteiger partial charge on any atom is 0.336 e. The molecule has 2 unspecified atom stereocenters. The lowest BCUT2D eigenvalue weighted by atomic mass is 10.1. The number of ether oxygens (including phenoxy) is 4. The summed E-state index contributed by atoms with van der Waals surface area (Å²) in [4.78, 5) is 20.9. The molecule has 4 N–H and O–H groups in total. The molecule has 10 heteroatoms. The van der Waals surface area contributed by atoms with Gasteiger partial charge in [-0.05, 0) is 38.8 Å². The third-order valence-electron chi connectivity index (χ3n) is 4.85. The van der Waals surface area contributed by atoms with E-state index in [1.54, 1.807) is 13.8 Å². The molecule has 0 fully saturated rings. The summed E-state index contributed by atoms with van der Waals surface area (Å²) in [5.74, 6) is -2.46. The minimum Gasteiger partial charge on any atom is -0.478 e. The van der Waals surface area contributed by atoms with E-state index in [-0.39, 0.29) is 11.1 Å². The molecule has 1 aromatic rings. The number of hydrogen-bond acceptors (Lipinski definition) is 8. The van der Waals surface area contributed by atoms with Crippen LogP contribution in [0, 0.1) is 0 Å². The molecule has 0 bridgehead atoms. The third-order valence-corrected chi connectivity index (χ3v) is 4.85. The number of rotatable bonds is 20. The van der Waals surface area contributed by atoms with Crippen LogP contribution in [-0.4, -0.2) is 84.6 Å². The molecule has 0 spiro atoms. The first kappa shape index (κ1) is 38.1. The Hall–Kier alpha value is -2.08. The predicted octanol–water partition coefficient (Wildman–Crippen LogP) is 4.96. The molecular formula is C28H50O10. The normalized spacial score (nSPS) is 11.9. The summed E-state index contributed by atoms with van der Waals surface area (Å²) >= 11 is 0. The molecule has 222 valence electrons. The Morgan fingerprint density at radius 1 is 0.632 bits per heavy atom. The van der Waals surface area contributed by atoms with Gasteiger partial charge in [0.05, 0.1) is 37.6 Å². The van der Waals surface area contributed by atoms with Crippen LogP contribution in [0.1, 0.15) is 99.8 Å². The molecule has 0 aliphatic carbocycles. The minimum atomic E-state index is -1.23. The number of hydrogen-bond donors (Lipinski definition) is 4. The van der Waals surface area contributed by atoms with Crippen molar-refractivity contribution in [2.45, 2.75) is 91.6 Å². The number of carboxylic acid groups (broad SMARTS) is 2. The SMILES string of the molecule is CCCCCCOCCOC(C)O.CCCCCCOCCOC(C)O.O=C(O)c1ccccc1C(=O)O. The van der Waals surface area contributed by atoms with Gasteiger partial charge in [0.2, 0.25) is 0 Å². The highest BCUT2D eigenvalue weighted by molar-refractivity contribution is 6.01. The summed E-state index contributed by atoms with van der Waals surface area (Å²) in [5, 5.41) is 34.6. The van der Waals surface area contributed by atoms with Gasteiger partial charge in [0, 0.05) is 13.2 Å². The van der Waals surface area contributed by atoms with Gasteiger partial charge in [-0.2, -0.15) is 0 Å². The van der Waals surface area contributed by atoms with Crippen molar-refractivity contribution in [1.29, 1.82) is 0 Å². The van der Waals surface area contributed by atoms with E-state index >= 15 is 0 Å². The Kier molecular flexibility index (Phi) is 28.0. The molecule has 2 atom stereocenters. The highest BCUT2D eigenvalue weighted by atomic mass is 16.6. The van der Waals surface area contributed by atoms with Crippen molar-refractivity contribution in [2.24, 2.45) is 0 Å². The van der Waals surface area contributed by atoms with Crippen LogP contribution in [-0.2, 0) is 18.9 Å². The Balaban J connectivity index is 0. The van der Waals surface area contributed by atoms with Gasteiger partial charge in [0.25, 0.3) is 0 Å². The van der Waals surface area contributed by atoms with Crippen molar-refractivity contribution in [2.75, 3.05) is 39.6 Å². The molecule has 0 aliphatic heterocycles. The van der Waals surface area contributed by atoms with E-state index in [1.165, 1.54) is 62.8 Å². The Morgan fingerprint density at radius 2 is 1.00 bits per heavy atom. The fourth-order valence-corrected chi connectivity index (χ4v) is 2.88.